The fraction of sp³-hybridized carbons (Fsp3) is 0.273. The second-order valence-corrected chi connectivity index (χ2v) is 5.05. The molecule has 0 aliphatic rings. The Kier molecular flexibility index (Phi) is 3.74. The molecule has 2 aromatic rings. The molecule has 2 aromatic heterocycles. The predicted molar refractivity (Wildman–Crippen MR) is 69.1 cm³/mol. The molecule has 5 heteroatoms. The molecule has 0 atom stereocenters. The molecule has 0 aliphatic carbocycles. The highest BCUT2D eigenvalue weighted by atomic mass is 35.5. The van der Waals surface area contributed by atoms with Gasteiger partial charge in [0.25, 0.3) is 0 Å². The van der Waals surface area contributed by atoms with Gasteiger partial charge in [0.05, 0.1) is 9.21 Å². The van der Waals surface area contributed by atoms with Crippen LogP contribution in [-0.2, 0) is 0 Å². The Morgan fingerprint density at radius 3 is 2.69 bits per heavy atom. The number of nitrogens with zero attached hydrogens (tertiary/aromatic N) is 2. The molecule has 2 rings (SSSR count). The zero-order chi connectivity index (χ0) is 11.4. The van der Waals surface area contributed by atoms with Crippen molar-refractivity contribution in [3.63, 3.8) is 0 Å². The summed E-state index contributed by atoms with van der Waals surface area (Å²) in [5.41, 5.74) is 0.860. The Hall–Kier alpha value is -1.13. The first-order valence-corrected chi connectivity index (χ1v) is 6.32. The maximum absolute atomic E-state index is 5.87. The summed E-state index contributed by atoms with van der Waals surface area (Å²) >= 11 is 7.38. The van der Waals surface area contributed by atoms with E-state index in [9.17, 15) is 0 Å². The SMILES string of the molecule is CCCNc1ccc(-c2ccc(Cl)s2)nn1. The van der Waals surface area contributed by atoms with E-state index in [4.69, 9.17) is 11.6 Å². The zero-order valence-electron chi connectivity index (χ0n) is 8.90. The van der Waals surface area contributed by atoms with E-state index in [0.29, 0.717) is 0 Å². The van der Waals surface area contributed by atoms with Crippen molar-refractivity contribution in [2.24, 2.45) is 0 Å². The van der Waals surface area contributed by atoms with Crippen LogP contribution in [0.3, 0.4) is 0 Å². The van der Waals surface area contributed by atoms with E-state index >= 15 is 0 Å². The highest BCUT2D eigenvalue weighted by Gasteiger charge is 2.03. The van der Waals surface area contributed by atoms with Crippen LogP contribution in [0.15, 0.2) is 24.3 Å². The van der Waals surface area contributed by atoms with Crippen LogP contribution >= 0.6 is 22.9 Å². The molecule has 0 radical (unpaired) electrons. The molecule has 84 valence electrons. The Bertz CT molecular complexity index is 453. The Morgan fingerprint density at radius 2 is 2.12 bits per heavy atom. The number of hydrogen-bond donors (Lipinski definition) is 1. The van der Waals surface area contributed by atoms with Gasteiger partial charge in [-0.05, 0) is 30.7 Å². The minimum atomic E-state index is 0.769. The number of rotatable bonds is 4. The lowest BCUT2D eigenvalue weighted by atomic mass is 10.3. The number of aromatic nitrogens is 2. The summed E-state index contributed by atoms with van der Waals surface area (Å²) in [6, 6.07) is 7.71. The normalized spacial score (nSPS) is 10.4. The molecule has 0 saturated carbocycles. The van der Waals surface area contributed by atoms with Crippen molar-refractivity contribution in [2.45, 2.75) is 13.3 Å². The molecule has 0 unspecified atom stereocenters. The van der Waals surface area contributed by atoms with E-state index in [1.807, 2.05) is 24.3 Å². The number of anilines is 1. The third-order valence-electron chi connectivity index (χ3n) is 2.05. The quantitative estimate of drug-likeness (QED) is 0.903. The van der Waals surface area contributed by atoms with Crippen molar-refractivity contribution in [2.75, 3.05) is 11.9 Å². The lowest BCUT2D eigenvalue weighted by Gasteiger charge is -2.02. The van der Waals surface area contributed by atoms with Gasteiger partial charge in [0.1, 0.15) is 11.5 Å². The molecule has 2 heterocycles. The molecule has 0 bridgehead atoms. The van der Waals surface area contributed by atoms with Crippen LogP contribution in [0.1, 0.15) is 13.3 Å². The predicted octanol–water partition coefficient (Wildman–Crippen LogP) is 3.68. The average molecular weight is 254 g/mol. The third-order valence-corrected chi connectivity index (χ3v) is 3.30. The fourth-order valence-corrected chi connectivity index (χ4v) is 2.27. The zero-order valence-corrected chi connectivity index (χ0v) is 10.5. The van der Waals surface area contributed by atoms with Crippen LogP contribution in [0.5, 0.6) is 0 Å². The highest BCUT2D eigenvalue weighted by Crippen LogP contribution is 2.29. The fourth-order valence-electron chi connectivity index (χ4n) is 1.26. The lowest BCUT2D eigenvalue weighted by Crippen LogP contribution is -2.02. The van der Waals surface area contributed by atoms with E-state index in [1.54, 1.807) is 0 Å². The van der Waals surface area contributed by atoms with Gasteiger partial charge in [0.2, 0.25) is 0 Å². The number of nitrogens with one attached hydrogen (secondary N) is 1. The van der Waals surface area contributed by atoms with Crippen molar-refractivity contribution in [3.05, 3.63) is 28.6 Å². The standard InChI is InChI=1S/C11H12ClN3S/c1-2-7-13-11-6-3-8(14-15-11)9-4-5-10(12)16-9/h3-6H,2,7H2,1H3,(H,13,15). The molecular weight excluding hydrogens is 242 g/mol. The summed E-state index contributed by atoms with van der Waals surface area (Å²) < 4.78 is 0.769. The van der Waals surface area contributed by atoms with Crippen molar-refractivity contribution < 1.29 is 0 Å². The van der Waals surface area contributed by atoms with Gasteiger partial charge in [-0.1, -0.05) is 18.5 Å². The van der Waals surface area contributed by atoms with Gasteiger partial charge >= 0.3 is 0 Å². The molecule has 0 amide bonds. The average Bonchev–Trinajstić information content (AvgIpc) is 2.74. The van der Waals surface area contributed by atoms with Gasteiger partial charge in [-0.15, -0.1) is 21.5 Å². The third kappa shape index (κ3) is 2.71. The van der Waals surface area contributed by atoms with Crippen LogP contribution in [0.2, 0.25) is 4.34 Å². The maximum Gasteiger partial charge on any atom is 0.148 e. The first-order chi connectivity index (χ1) is 7.79. The van der Waals surface area contributed by atoms with E-state index < -0.39 is 0 Å². The second kappa shape index (κ2) is 5.27. The second-order valence-electron chi connectivity index (χ2n) is 3.33. The summed E-state index contributed by atoms with van der Waals surface area (Å²) in [5, 5.41) is 11.4. The van der Waals surface area contributed by atoms with Gasteiger partial charge < -0.3 is 5.32 Å². The number of halogens is 1. The van der Waals surface area contributed by atoms with Crippen LogP contribution in [0.4, 0.5) is 5.82 Å². The summed E-state index contributed by atoms with van der Waals surface area (Å²) in [6.07, 6.45) is 1.07. The van der Waals surface area contributed by atoms with Gasteiger partial charge in [-0.2, -0.15) is 0 Å². The van der Waals surface area contributed by atoms with Crippen LogP contribution in [0, 0.1) is 0 Å². The van der Waals surface area contributed by atoms with Crippen LogP contribution in [0.25, 0.3) is 10.6 Å². The summed E-state index contributed by atoms with van der Waals surface area (Å²) in [5.74, 6) is 0.813. The first kappa shape index (κ1) is 11.4. The summed E-state index contributed by atoms with van der Waals surface area (Å²) in [7, 11) is 0. The summed E-state index contributed by atoms with van der Waals surface area (Å²) in [4.78, 5) is 1.04. The monoisotopic (exact) mass is 253 g/mol. The van der Waals surface area contributed by atoms with E-state index in [-0.39, 0.29) is 0 Å². The van der Waals surface area contributed by atoms with Gasteiger partial charge in [0.15, 0.2) is 0 Å². The minimum Gasteiger partial charge on any atom is -0.369 e. The van der Waals surface area contributed by atoms with E-state index in [2.05, 4.69) is 22.4 Å². The lowest BCUT2D eigenvalue weighted by molar-refractivity contribution is 0.946. The molecule has 0 saturated heterocycles. The molecule has 3 nitrogen and oxygen atoms in total. The van der Waals surface area contributed by atoms with Gasteiger partial charge in [0, 0.05) is 6.54 Å². The number of thiophene rings is 1. The Morgan fingerprint density at radius 1 is 1.25 bits per heavy atom. The van der Waals surface area contributed by atoms with Crippen LogP contribution < -0.4 is 5.32 Å². The molecule has 0 aliphatic heterocycles. The van der Waals surface area contributed by atoms with E-state index in [1.165, 1.54) is 11.3 Å². The van der Waals surface area contributed by atoms with Crippen molar-refractivity contribution in [1.82, 2.24) is 10.2 Å². The van der Waals surface area contributed by atoms with Crippen molar-refractivity contribution >= 4 is 28.8 Å². The Balaban J connectivity index is 2.13. The molecule has 0 fully saturated rings. The first-order valence-electron chi connectivity index (χ1n) is 5.13. The largest absolute Gasteiger partial charge is 0.369 e. The van der Waals surface area contributed by atoms with Crippen molar-refractivity contribution in [1.29, 1.82) is 0 Å². The van der Waals surface area contributed by atoms with Gasteiger partial charge in [-0.25, -0.2) is 0 Å². The molecule has 1 N–H and O–H groups in total. The molecular formula is C11H12ClN3S. The Labute approximate surface area is 103 Å². The van der Waals surface area contributed by atoms with Crippen LogP contribution in [-0.4, -0.2) is 16.7 Å². The minimum absolute atomic E-state index is 0.769. The maximum atomic E-state index is 5.87. The smallest absolute Gasteiger partial charge is 0.148 e. The van der Waals surface area contributed by atoms with Gasteiger partial charge in [-0.3, -0.25) is 0 Å². The molecule has 0 aromatic carbocycles. The summed E-state index contributed by atoms with van der Waals surface area (Å²) in [6.45, 7) is 3.03. The number of hydrogen-bond acceptors (Lipinski definition) is 4. The molecule has 16 heavy (non-hydrogen) atoms. The highest BCUT2D eigenvalue weighted by molar-refractivity contribution is 7.19. The molecule has 0 spiro atoms. The van der Waals surface area contributed by atoms with E-state index in [0.717, 1.165) is 33.7 Å². The topological polar surface area (TPSA) is 37.8 Å². The van der Waals surface area contributed by atoms with Crippen molar-refractivity contribution in [3.8, 4) is 10.6 Å².